The fraction of sp³-hybridized carbons (Fsp3) is 0.500. The highest BCUT2D eigenvalue weighted by Crippen LogP contribution is 2.19. The molecule has 0 radical (unpaired) electrons. The van der Waals surface area contributed by atoms with Crippen molar-refractivity contribution < 1.29 is 13.2 Å². The molecular weight excluding hydrogens is 352 g/mol. The van der Waals surface area contributed by atoms with E-state index < -0.39 is 10.0 Å². The van der Waals surface area contributed by atoms with Gasteiger partial charge in [0.25, 0.3) is 0 Å². The lowest BCUT2D eigenvalue weighted by Crippen LogP contribution is -2.35. The van der Waals surface area contributed by atoms with E-state index in [4.69, 9.17) is 4.74 Å². The van der Waals surface area contributed by atoms with Crippen LogP contribution >= 0.6 is 0 Å². The standard InChI is InChI=1S/C18H26N4O3S/c1-21-11-7-18(8-12-21)25-17-5-3-16(4-6-17)15-20-26(23,24)14-13-22-10-2-9-19-22/h2-6,9-10,18,20H,7-8,11-15H2,1H3. The summed E-state index contributed by atoms with van der Waals surface area (Å²) in [5.41, 5.74) is 0.906. The Hall–Kier alpha value is -1.90. The van der Waals surface area contributed by atoms with Gasteiger partial charge in [0.1, 0.15) is 11.9 Å². The molecule has 0 spiro atoms. The van der Waals surface area contributed by atoms with Crippen molar-refractivity contribution >= 4 is 10.0 Å². The van der Waals surface area contributed by atoms with E-state index in [1.807, 2.05) is 24.3 Å². The monoisotopic (exact) mass is 378 g/mol. The molecule has 7 nitrogen and oxygen atoms in total. The third-order valence-corrected chi connectivity index (χ3v) is 5.84. The molecule has 0 aliphatic carbocycles. The van der Waals surface area contributed by atoms with E-state index in [9.17, 15) is 8.42 Å². The summed E-state index contributed by atoms with van der Waals surface area (Å²) < 4.78 is 34.4. The first kappa shape index (κ1) is 18.9. The fourth-order valence-electron chi connectivity index (χ4n) is 2.89. The molecule has 1 aliphatic rings. The Labute approximate surface area is 155 Å². The third-order valence-electron chi connectivity index (χ3n) is 4.54. The summed E-state index contributed by atoms with van der Waals surface area (Å²) in [5.74, 6) is 0.844. The van der Waals surface area contributed by atoms with Gasteiger partial charge in [-0.25, -0.2) is 13.1 Å². The third kappa shape index (κ3) is 5.82. The summed E-state index contributed by atoms with van der Waals surface area (Å²) in [6.45, 7) is 2.73. The van der Waals surface area contributed by atoms with Gasteiger partial charge in [0, 0.05) is 32.0 Å². The number of hydrogen-bond acceptors (Lipinski definition) is 5. The number of nitrogens with one attached hydrogen (secondary N) is 1. The molecule has 1 aromatic heterocycles. The molecular formula is C18H26N4O3S. The summed E-state index contributed by atoms with van der Waals surface area (Å²) >= 11 is 0. The van der Waals surface area contributed by atoms with Crippen LogP contribution in [0.25, 0.3) is 0 Å². The van der Waals surface area contributed by atoms with Crippen LogP contribution in [0.3, 0.4) is 0 Å². The largest absolute Gasteiger partial charge is 0.490 e. The quantitative estimate of drug-likeness (QED) is 0.753. The zero-order valence-electron chi connectivity index (χ0n) is 15.0. The molecule has 0 saturated carbocycles. The van der Waals surface area contributed by atoms with Crippen LogP contribution in [-0.4, -0.2) is 55.1 Å². The maximum absolute atomic E-state index is 12.1. The van der Waals surface area contributed by atoms with Crippen molar-refractivity contribution in [2.75, 3.05) is 25.9 Å². The van der Waals surface area contributed by atoms with Gasteiger partial charge < -0.3 is 9.64 Å². The van der Waals surface area contributed by atoms with Gasteiger partial charge in [-0.05, 0) is 43.7 Å². The number of sulfonamides is 1. The van der Waals surface area contributed by atoms with Crippen LogP contribution in [0.2, 0.25) is 0 Å². The zero-order valence-corrected chi connectivity index (χ0v) is 15.9. The number of aromatic nitrogens is 2. The molecule has 1 aromatic carbocycles. The summed E-state index contributed by atoms with van der Waals surface area (Å²) in [5, 5.41) is 4.01. The first-order valence-electron chi connectivity index (χ1n) is 8.89. The van der Waals surface area contributed by atoms with E-state index in [1.165, 1.54) is 0 Å². The number of rotatable bonds is 8. The average Bonchev–Trinajstić information content (AvgIpc) is 3.15. The van der Waals surface area contributed by atoms with E-state index in [1.54, 1.807) is 23.1 Å². The Bertz CT molecular complexity index is 767. The Balaban J connectivity index is 1.45. The number of ether oxygens (including phenoxy) is 1. The van der Waals surface area contributed by atoms with Gasteiger partial charge in [-0.1, -0.05) is 12.1 Å². The maximum atomic E-state index is 12.1. The van der Waals surface area contributed by atoms with Crippen molar-refractivity contribution in [3.8, 4) is 5.75 Å². The van der Waals surface area contributed by atoms with Crippen molar-refractivity contribution in [2.24, 2.45) is 0 Å². The SMILES string of the molecule is CN1CCC(Oc2ccc(CNS(=O)(=O)CCn3cccn3)cc2)CC1. The van der Waals surface area contributed by atoms with Crippen LogP contribution in [0.4, 0.5) is 0 Å². The molecule has 1 saturated heterocycles. The topological polar surface area (TPSA) is 76.5 Å². The molecule has 26 heavy (non-hydrogen) atoms. The van der Waals surface area contributed by atoms with Gasteiger partial charge >= 0.3 is 0 Å². The lowest BCUT2D eigenvalue weighted by atomic mass is 10.1. The molecule has 0 unspecified atom stereocenters. The van der Waals surface area contributed by atoms with Gasteiger partial charge in [-0.3, -0.25) is 4.68 Å². The second-order valence-corrected chi connectivity index (χ2v) is 8.60. The Morgan fingerprint density at radius 3 is 2.62 bits per heavy atom. The summed E-state index contributed by atoms with van der Waals surface area (Å²) in [6.07, 6.45) is 5.72. The fourth-order valence-corrected chi connectivity index (χ4v) is 3.85. The van der Waals surface area contributed by atoms with Gasteiger partial charge in [0.15, 0.2) is 0 Å². The number of piperidine rings is 1. The number of likely N-dealkylation sites (tertiary alicyclic amines) is 1. The molecule has 0 atom stereocenters. The first-order chi connectivity index (χ1) is 12.5. The smallest absolute Gasteiger partial charge is 0.213 e. The molecule has 0 bridgehead atoms. The van der Waals surface area contributed by atoms with Crippen molar-refractivity contribution in [1.29, 1.82) is 0 Å². The number of hydrogen-bond donors (Lipinski definition) is 1. The average molecular weight is 378 g/mol. The summed E-state index contributed by atoms with van der Waals surface area (Å²) in [4.78, 5) is 2.31. The first-order valence-corrected chi connectivity index (χ1v) is 10.5. The van der Waals surface area contributed by atoms with Crippen molar-refractivity contribution in [3.63, 3.8) is 0 Å². The minimum absolute atomic E-state index is 0.00595. The van der Waals surface area contributed by atoms with Crippen LogP contribution in [-0.2, 0) is 23.1 Å². The van der Waals surface area contributed by atoms with Crippen LogP contribution in [0.5, 0.6) is 5.75 Å². The van der Waals surface area contributed by atoms with Crippen molar-refractivity contribution in [3.05, 3.63) is 48.3 Å². The van der Waals surface area contributed by atoms with E-state index in [2.05, 4.69) is 21.8 Å². The van der Waals surface area contributed by atoms with Gasteiger partial charge in [-0.15, -0.1) is 0 Å². The minimum Gasteiger partial charge on any atom is -0.490 e. The number of nitrogens with zero attached hydrogens (tertiary/aromatic N) is 3. The predicted molar refractivity (Wildman–Crippen MR) is 100 cm³/mol. The van der Waals surface area contributed by atoms with E-state index in [0.29, 0.717) is 6.54 Å². The molecule has 8 heteroatoms. The Morgan fingerprint density at radius 1 is 1.23 bits per heavy atom. The van der Waals surface area contributed by atoms with Gasteiger partial charge in [0.05, 0.1) is 12.3 Å². The Kier molecular flexibility index (Phi) is 6.29. The second kappa shape index (κ2) is 8.66. The van der Waals surface area contributed by atoms with E-state index in [-0.39, 0.29) is 18.4 Å². The van der Waals surface area contributed by atoms with Crippen LogP contribution < -0.4 is 9.46 Å². The van der Waals surface area contributed by atoms with Gasteiger partial charge in [0.2, 0.25) is 10.0 Å². The molecule has 1 N–H and O–H groups in total. The highest BCUT2D eigenvalue weighted by molar-refractivity contribution is 7.89. The number of aryl methyl sites for hydroxylation is 1. The molecule has 3 rings (SSSR count). The summed E-state index contributed by atoms with van der Waals surface area (Å²) in [7, 11) is -1.21. The molecule has 2 heterocycles. The lowest BCUT2D eigenvalue weighted by Gasteiger charge is -2.29. The Morgan fingerprint density at radius 2 is 1.96 bits per heavy atom. The van der Waals surface area contributed by atoms with Crippen molar-refractivity contribution in [2.45, 2.75) is 32.0 Å². The minimum atomic E-state index is -3.34. The van der Waals surface area contributed by atoms with Crippen LogP contribution in [0.1, 0.15) is 18.4 Å². The zero-order chi connectivity index (χ0) is 18.4. The maximum Gasteiger partial charge on any atom is 0.213 e. The van der Waals surface area contributed by atoms with Crippen molar-refractivity contribution in [1.82, 2.24) is 19.4 Å². The molecule has 142 valence electrons. The molecule has 1 fully saturated rings. The normalized spacial score (nSPS) is 16.7. The highest BCUT2D eigenvalue weighted by atomic mass is 32.2. The molecule has 2 aromatic rings. The van der Waals surface area contributed by atoms with E-state index >= 15 is 0 Å². The van der Waals surface area contributed by atoms with E-state index in [0.717, 1.165) is 37.2 Å². The molecule has 0 amide bonds. The predicted octanol–water partition coefficient (Wildman–Crippen LogP) is 1.48. The highest BCUT2D eigenvalue weighted by Gasteiger charge is 2.18. The van der Waals surface area contributed by atoms with Gasteiger partial charge in [-0.2, -0.15) is 5.10 Å². The van der Waals surface area contributed by atoms with Crippen LogP contribution in [0, 0.1) is 0 Å². The summed E-state index contributed by atoms with van der Waals surface area (Å²) in [6, 6.07) is 9.40. The number of benzene rings is 1. The van der Waals surface area contributed by atoms with Crippen LogP contribution in [0.15, 0.2) is 42.7 Å². The second-order valence-electron chi connectivity index (χ2n) is 6.67. The molecule has 1 aliphatic heterocycles. The lowest BCUT2D eigenvalue weighted by molar-refractivity contribution is 0.114.